The lowest BCUT2D eigenvalue weighted by atomic mass is 10.2. The number of hydrogen-bond donors (Lipinski definition) is 1. The van der Waals surface area contributed by atoms with Crippen LogP contribution in [-0.2, 0) is 0 Å². The van der Waals surface area contributed by atoms with E-state index in [2.05, 4.69) is 24.1 Å². The summed E-state index contributed by atoms with van der Waals surface area (Å²) >= 11 is 6.20. The molecule has 3 nitrogen and oxygen atoms in total. The molecule has 0 spiro atoms. The SMILES string of the molecule is CCOc1ccc(NC2CCN(C(C)C)C2)cc1Cl. The quantitative estimate of drug-likeness (QED) is 0.892. The summed E-state index contributed by atoms with van der Waals surface area (Å²) in [5.74, 6) is 0.755. The molecule has 4 heteroatoms. The van der Waals surface area contributed by atoms with Gasteiger partial charge in [-0.1, -0.05) is 11.6 Å². The fraction of sp³-hybridized carbons (Fsp3) is 0.600. The van der Waals surface area contributed by atoms with Crippen LogP contribution < -0.4 is 10.1 Å². The highest BCUT2D eigenvalue weighted by Crippen LogP contribution is 2.28. The van der Waals surface area contributed by atoms with Crippen LogP contribution in [0.25, 0.3) is 0 Å². The maximum absolute atomic E-state index is 6.20. The highest BCUT2D eigenvalue weighted by atomic mass is 35.5. The van der Waals surface area contributed by atoms with Crippen molar-refractivity contribution in [3.8, 4) is 5.75 Å². The Kier molecular flexibility index (Phi) is 4.94. The lowest BCUT2D eigenvalue weighted by Crippen LogP contribution is -2.31. The normalized spacial score (nSPS) is 19.9. The zero-order chi connectivity index (χ0) is 13.8. The Morgan fingerprint density at radius 1 is 1.47 bits per heavy atom. The average molecular weight is 283 g/mol. The zero-order valence-electron chi connectivity index (χ0n) is 11.9. The number of anilines is 1. The van der Waals surface area contributed by atoms with Crippen molar-refractivity contribution < 1.29 is 4.74 Å². The first-order valence-corrected chi connectivity index (χ1v) is 7.41. The number of nitrogens with one attached hydrogen (secondary N) is 1. The number of nitrogens with zero attached hydrogens (tertiary/aromatic N) is 1. The van der Waals surface area contributed by atoms with Crippen LogP contribution in [-0.4, -0.2) is 36.7 Å². The van der Waals surface area contributed by atoms with E-state index in [9.17, 15) is 0 Å². The van der Waals surface area contributed by atoms with Gasteiger partial charge in [-0.2, -0.15) is 0 Å². The molecule has 1 heterocycles. The first-order chi connectivity index (χ1) is 9.10. The van der Waals surface area contributed by atoms with E-state index in [0.717, 1.165) is 18.0 Å². The minimum atomic E-state index is 0.511. The number of ether oxygens (including phenoxy) is 1. The molecule has 1 aliphatic heterocycles. The van der Waals surface area contributed by atoms with Crippen LogP contribution in [0.1, 0.15) is 27.2 Å². The molecular weight excluding hydrogens is 260 g/mol. The molecule has 1 atom stereocenters. The van der Waals surface area contributed by atoms with Crippen molar-refractivity contribution in [2.75, 3.05) is 25.0 Å². The van der Waals surface area contributed by atoms with E-state index in [0.29, 0.717) is 23.7 Å². The van der Waals surface area contributed by atoms with Crippen LogP contribution >= 0.6 is 11.6 Å². The monoisotopic (exact) mass is 282 g/mol. The summed E-state index contributed by atoms with van der Waals surface area (Å²) < 4.78 is 5.44. The van der Waals surface area contributed by atoms with E-state index in [-0.39, 0.29) is 0 Å². The van der Waals surface area contributed by atoms with Crippen molar-refractivity contribution in [1.29, 1.82) is 0 Å². The summed E-state index contributed by atoms with van der Waals surface area (Å²) in [6.45, 7) is 9.36. The Morgan fingerprint density at radius 2 is 2.26 bits per heavy atom. The highest BCUT2D eigenvalue weighted by molar-refractivity contribution is 6.32. The molecule has 1 fully saturated rings. The minimum Gasteiger partial charge on any atom is -0.492 e. The second-order valence-corrected chi connectivity index (χ2v) is 5.70. The van der Waals surface area contributed by atoms with Crippen molar-refractivity contribution in [1.82, 2.24) is 4.90 Å². The van der Waals surface area contributed by atoms with Crippen molar-refractivity contribution in [2.45, 2.75) is 39.3 Å². The summed E-state index contributed by atoms with van der Waals surface area (Å²) in [5, 5.41) is 4.23. The second-order valence-electron chi connectivity index (χ2n) is 5.30. The molecule has 0 aromatic heterocycles. The molecule has 1 unspecified atom stereocenters. The summed E-state index contributed by atoms with van der Waals surface area (Å²) in [6.07, 6.45) is 1.18. The molecular formula is C15H23ClN2O. The van der Waals surface area contributed by atoms with Gasteiger partial charge in [0.15, 0.2) is 0 Å². The first kappa shape index (κ1) is 14.5. The van der Waals surface area contributed by atoms with Crippen LogP contribution in [0.2, 0.25) is 5.02 Å². The summed E-state index contributed by atoms with van der Waals surface area (Å²) in [4.78, 5) is 2.49. The van der Waals surface area contributed by atoms with Crippen LogP contribution in [0.5, 0.6) is 5.75 Å². The number of rotatable bonds is 5. The highest BCUT2D eigenvalue weighted by Gasteiger charge is 2.23. The molecule has 106 valence electrons. The predicted molar refractivity (Wildman–Crippen MR) is 81.4 cm³/mol. The zero-order valence-corrected chi connectivity index (χ0v) is 12.7. The van der Waals surface area contributed by atoms with E-state index < -0.39 is 0 Å². The standard InChI is InChI=1S/C15H23ClN2O/c1-4-19-15-6-5-12(9-14(15)16)17-13-7-8-18(10-13)11(2)3/h5-6,9,11,13,17H,4,7-8,10H2,1-3H3. The van der Waals surface area contributed by atoms with Crippen LogP contribution in [0.3, 0.4) is 0 Å². The number of halogens is 1. The maximum Gasteiger partial charge on any atom is 0.138 e. The van der Waals surface area contributed by atoms with Gasteiger partial charge in [0.05, 0.1) is 11.6 Å². The molecule has 0 radical (unpaired) electrons. The van der Waals surface area contributed by atoms with Gasteiger partial charge >= 0.3 is 0 Å². The van der Waals surface area contributed by atoms with Gasteiger partial charge in [-0.05, 0) is 45.4 Å². The van der Waals surface area contributed by atoms with Gasteiger partial charge in [0.2, 0.25) is 0 Å². The van der Waals surface area contributed by atoms with Gasteiger partial charge in [0, 0.05) is 30.9 Å². The molecule has 2 rings (SSSR count). The Bertz CT molecular complexity index is 423. The molecule has 0 saturated carbocycles. The molecule has 19 heavy (non-hydrogen) atoms. The van der Waals surface area contributed by atoms with E-state index in [1.165, 1.54) is 13.0 Å². The molecule has 0 aliphatic carbocycles. The van der Waals surface area contributed by atoms with Crippen molar-refractivity contribution in [3.63, 3.8) is 0 Å². The van der Waals surface area contributed by atoms with Crippen LogP contribution in [0.15, 0.2) is 18.2 Å². The third-order valence-electron chi connectivity index (χ3n) is 3.55. The number of hydrogen-bond acceptors (Lipinski definition) is 3. The number of benzene rings is 1. The van der Waals surface area contributed by atoms with Gasteiger partial charge in [0.25, 0.3) is 0 Å². The molecule has 0 amide bonds. The van der Waals surface area contributed by atoms with E-state index in [4.69, 9.17) is 16.3 Å². The van der Waals surface area contributed by atoms with Gasteiger partial charge < -0.3 is 10.1 Å². The van der Waals surface area contributed by atoms with Crippen molar-refractivity contribution in [3.05, 3.63) is 23.2 Å². The van der Waals surface area contributed by atoms with Crippen LogP contribution in [0.4, 0.5) is 5.69 Å². The fourth-order valence-corrected chi connectivity index (χ4v) is 2.71. The topological polar surface area (TPSA) is 24.5 Å². The average Bonchev–Trinajstić information content (AvgIpc) is 2.81. The van der Waals surface area contributed by atoms with Crippen LogP contribution in [0, 0.1) is 0 Å². The molecule has 1 aromatic carbocycles. The van der Waals surface area contributed by atoms with E-state index in [1.54, 1.807) is 0 Å². The van der Waals surface area contributed by atoms with E-state index in [1.807, 2.05) is 25.1 Å². The van der Waals surface area contributed by atoms with Gasteiger partial charge in [-0.15, -0.1) is 0 Å². The van der Waals surface area contributed by atoms with Crippen molar-refractivity contribution in [2.24, 2.45) is 0 Å². The van der Waals surface area contributed by atoms with Gasteiger partial charge in [0.1, 0.15) is 5.75 Å². The Balaban J connectivity index is 1.95. The van der Waals surface area contributed by atoms with Gasteiger partial charge in [-0.25, -0.2) is 0 Å². The summed E-state index contributed by atoms with van der Waals surface area (Å²) in [5.41, 5.74) is 1.07. The largest absolute Gasteiger partial charge is 0.492 e. The van der Waals surface area contributed by atoms with Crippen molar-refractivity contribution >= 4 is 17.3 Å². The molecule has 0 bridgehead atoms. The third kappa shape index (κ3) is 3.77. The lowest BCUT2D eigenvalue weighted by molar-refractivity contribution is 0.274. The predicted octanol–water partition coefficient (Wildman–Crippen LogP) is 3.63. The Morgan fingerprint density at radius 3 is 2.84 bits per heavy atom. The first-order valence-electron chi connectivity index (χ1n) is 7.03. The molecule has 1 aromatic rings. The molecule has 1 N–H and O–H groups in total. The number of likely N-dealkylation sites (tertiary alicyclic amines) is 1. The Hall–Kier alpha value is -0.930. The summed E-state index contributed by atoms with van der Waals surface area (Å²) in [7, 11) is 0. The second kappa shape index (κ2) is 6.49. The maximum atomic E-state index is 6.20. The smallest absolute Gasteiger partial charge is 0.138 e. The summed E-state index contributed by atoms with van der Waals surface area (Å²) in [6, 6.07) is 7.05. The molecule has 1 aliphatic rings. The third-order valence-corrected chi connectivity index (χ3v) is 3.85. The lowest BCUT2D eigenvalue weighted by Gasteiger charge is -2.21. The van der Waals surface area contributed by atoms with Gasteiger partial charge in [-0.3, -0.25) is 4.90 Å². The minimum absolute atomic E-state index is 0.511. The van der Waals surface area contributed by atoms with E-state index >= 15 is 0 Å². The fourth-order valence-electron chi connectivity index (χ4n) is 2.47. The molecule has 1 saturated heterocycles. The Labute approximate surface area is 120 Å².